The Morgan fingerprint density at radius 3 is 0.917 bits per heavy atom. The third-order valence-corrected chi connectivity index (χ3v) is 17.3. The highest BCUT2D eigenvalue weighted by Gasteiger charge is 2.45. The van der Waals surface area contributed by atoms with Crippen molar-refractivity contribution in [1.29, 1.82) is 0 Å². The molecule has 0 aromatic heterocycles. The summed E-state index contributed by atoms with van der Waals surface area (Å²) in [5.41, 5.74) is 32.7. The van der Waals surface area contributed by atoms with Crippen LogP contribution in [0.25, 0.3) is 121 Å². The van der Waals surface area contributed by atoms with E-state index in [1.165, 1.54) is 165 Å². The molecule has 12 aromatic rings. The van der Waals surface area contributed by atoms with Crippen LogP contribution in [0.4, 0.5) is 0 Å². The summed E-state index contributed by atoms with van der Waals surface area (Å²) in [4.78, 5) is 0. The van der Waals surface area contributed by atoms with Crippen LogP contribution in [-0.4, -0.2) is 13.4 Å². The Morgan fingerprint density at radius 1 is 0.250 bits per heavy atom. The maximum Gasteiger partial charge on any atom is 0.244 e. The van der Waals surface area contributed by atoms with E-state index >= 15 is 0 Å². The first kappa shape index (κ1) is 40.5. The summed E-state index contributed by atoms with van der Waals surface area (Å²) >= 11 is 0. The number of benzene rings is 12. The summed E-state index contributed by atoms with van der Waals surface area (Å²) in [6, 6.07) is 79.5. The summed E-state index contributed by atoms with van der Waals surface area (Å²) in [6.07, 6.45) is 0. The van der Waals surface area contributed by atoms with Gasteiger partial charge in [-0.1, -0.05) is 218 Å². The molecule has 0 bridgehead atoms. The third kappa shape index (κ3) is 5.40. The zero-order chi connectivity index (χ0) is 47.7. The highest BCUT2D eigenvalue weighted by Crippen LogP contribution is 2.51. The van der Waals surface area contributed by atoms with E-state index in [1.807, 2.05) is 0 Å². The normalized spacial score (nSPS) is 13.2. The SMILES string of the molecule is CC(C)c1cc2c3c(cc4c(C(C)C)cc5c6c(cc1c3c46)B1c3ccc(-c4ccccc4)cc3-c3cc(-c4ccccc4)cc-5c31)B1c3ccc(-c4ccccc4)cc3-c3cc(-c4ccccc4)cc-2c31. The molecule has 72 heavy (non-hydrogen) atoms. The molecule has 4 aliphatic rings. The van der Waals surface area contributed by atoms with E-state index in [2.05, 4.69) is 234 Å². The van der Waals surface area contributed by atoms with E-state index in [9.17, 15) is 0 Å². The number of fused-ring (bicyclic) bond motifs is 10. The van der Waals surface area contributed by atoms with Gasteiger partial charge in [-0.25, -0.2) is 0 Å². The van der Waals surface area contributed by atoms with E-state index in [4.69, 9.17) is 0 Å². The molecule has 0 radical (unpaired) electrons. The summed E-state index contributed by atoms with van der Waals surface area (Å²) in [5, 5.41) is 8.64. The van der Waals surface area contributed by atoms with Crippen molar-refractivity contribution < 1.29 is 0 Å². The Hall–Kier alpha value is -8.19. The van der Waals surface area contributed by atoms with Crippen molar-refractivity contribution in [3.63, 3.8) is 0 Å². The van der Waals surface area contributed by atoms with Gasteiger partial charge in [0.05, 0.1) is 0 Å². The molecule has 334 valence electrons. The fraction of sp³-hybridized carbons (Fsp3) is 0.0857. The van der Waals surface area contributed by atoms with Gasteiger partial charge in [0.25, 0.3) is 0 Å². The quantitative estimate of drug-likeness (QED) is 0.115. The van der Waals surface area contributed by atoms with E-state index < -0.39 is 0 Å². The zero-order valence-electron chi connectivity index (χ0n) is 40.9. The second-order valence-corrected chi connectivity index (χ2v) is 21.8. The Bertz CT molecular complexity index is 4020. The molecular formula is C70H48B2. The van der Waals surface area contributed by atoms with Crippen molar-refractivity contribution in [2.45, 2.75) is 39.5 Å². The van der Waals surface area contributed by atoms with E-state index in [0.717, 1.165) is 0 Å². The van der Waals surface area contributed by atoms with Gasteiger partial charge in [0.2, 0.25) is 13.4 Å². The maximum atomic E-state index is 2.69. The van der Waals surface area contributed by atoms with Crippen LogP contribution in [0.5, 0.6) is 0 Å². The van der Waals surface area contributed by atoms with Crippen molar-refractivity contribution in [3.05, 3.63) is 217 Å². The van der Waals surface area contributed by atoms with Gasteiger partial charge in [0, 0.05) is 0 Å². The smallest absolute Gasteiger partial charge is 0.0657 e. The Labute approximate surface area is 422 Å². The lowest BCUT2D eigenvalue weighted by Crippen LogP contribution is -2.53. The Balaban J connectivity index is 1.05. The fourth-order valence-corrected chi connectivity index (χ4v) is 14.2. The molecule has 16 rings (SSSR count). The first-order valence-corrected chi connectivity index (χ1v) is 26.1. The molecule has 0 spiro atoms. The summed E-state index contributed by atoms with van der Waals surface area (Å²) in [6.45, 7) is 9.91. The van der Waals surface area contributed by atoms with Crippen molar-refractivity contribution in [2.75, 3.05) is 0 Å². The standard InChI is InChI=1S/C70H48B2/c1-39(2)49-35-53-59-33-47(43-21-13-7-14-22-43)31-57-51-29-46(42-19-11-6-12-20-42)26-28-62(51)72(69(57)59)64-38-56-50(40(3)4)36-54-60-34-48(44-23-15-8-16-24-44)32-58-52-30-45(41-17-9-5-10-18-41)25-27-61(52)71(70(58)60)63-37-55(49)67(65(53)64)68(56)66(54)63/h5-40H,1-4H3. The minimum Gasteiger partial charge on any atom is -0.0657 e. The summed E-state index contributed by atoms with van der Waals surface area (Å²) < 4.78 is 0. The molecular weight excluding hydrogens is 862 g/mol. The largest absolute Gasteiger partial charge is 0.244 e. The molecule has 4 heterocycles. The van der Waals surface area contributed by atoms with Gasteiger partial charge in [-0.3, -0.25) is 0 Å². The lowest BCUT2D eigenvalue weighted by molar-refractivity contribution is 0.876. The van der Waals surface area contributed by atoms with Gasteiger partial charge in [-0.05, 0) is 193 Å². The lowest BCUT2D eigenvalue weighted by atomic mass is 9.34. The van der Waals surface area contributed by atoms with Crippen LogP contribution < -0.4 is 32.8 Å². The average molecular weight is 911 g/mol. The van der Waals surface area contributed by atoms with Crippen molar-refractivity contribution >= 4 is 78.5 Å². The van der Waals surface area contributed by atoms with E-state index in [0.29, 0.717) is 11.8 Å². The van der Waals surface area contributed by atoms with Gasteiger partial charge in [0.1, 0.15) is 0 Å². The van der Waals surface area contributed by atoms with Crippen molar-refractivity contribution in [3.8, 4) is 89.0 Å². The molecule has 2 heteroatoms. The molecule has 12 aromatic carbocycles. The Kier molecular flexibility index (Phi) is 8.27. The first-order chi connectivity index (χ1) is 35.4. The van der Waals surface area contributed by atoms with E-state index in [-0.39, 0.29) is 13.4 Å². The minimum atomic E-state index is 0.118. The van der Waals surface area contributed by atoms with Crippen LogP contribution in [0.1, 0.15) is 50.7 Å². The predicted molar refractivity (Wildman–Crippen MR) is 311 cm³/mol. The molecule has 0 atom stereocenters. The van der Waals surface area contributed by atoms with Crippen LogP contribution >= 0.6 is 0 Å². The molecule has 0 aliphatic carbocycles. The van der Waals surface area contributed by atoms with Gasteiger partial charge in [-0.15, -0.1) is 0 Å². The van der Waals surface area contributed by atoms with Crippen molar-refractivity contribution in [1.82, 2.24) is 0 Å². The van der Waals surface area contributed by atoms with Crippen molar-refractivity contribution in [2.24, 2.45) is 0 Å². The summed E-state index contributed by atoms with van der Waals surface area (Å²) in [7, 11) is 0. The topological polar surface area (TPSA) is 0 Å². The fourth-order valence-electron chi connectivity index (χ4n) is 14.2. The maximum absolute atomic E-state index is 2.69. The van der Waals surface area contributed by atoms with Crippen LogP contribution in [0.2, 0.25) is 0 Å². The van der Waals surface area contributed by atoms with Crippen LogP contribution in [0.15, 0.2) is 206 Å². The molecule has 0 saturated heterocycles. The van der Waals surface area contributed by atoms with Crippen LogP contribution in [0.3, 0.4) is 0 Å². The number of rotatable bonds is 6. The molecule has 0 N–H and O–H groups in total. The van der Waals surface area contributed by atoms with Gasteiger partial charge in [0.15, 0.2) is 0 Å². The predicted octanol–water partition coefficient (Wildman–Crippen LogP) is 14.5. The minimum absolute atomic E-state index is 0.118. The highest BCUT2D eigenvalue weighted by atomic mass is 14.4. The molecule has 0 amide bonds. The summed E-state index contributed by atoms with van der Waals surface area (Å²) in [5.74, 6) is 0.617. The molecule has 0 nitrogen and oxygen atoms in total. The zero-order valence-corrected chi connectivity index (χ0v) is 40.9. The lowest BCUT2D eigenvalue weighted by Gasteiger charge is -2.33. The average Bonchev–Trinajstić information content (AvgIpc) is 3.95. The molecule has 0 unspecified atom stereocenters. The molecule has 0 fully saturated rings. The molecule has 4 aliphatic heterocycles. The van der Waals surface area contributed by atoms with Gasteiger partial charge in [-0.2, -0.15) is 0 Å². The second-order valence-electron chi connectivity index (χ2n) is 21.8. The Morgan fingerprint density at radius 2 is 0.569 bits per heavy atom. The first-order valence-electron chi connectivity index (χ1n) is 26.1. The van der Waals surface area contributed by atoms with Gasteiger partial charge < -0.3 is 0 Å². The monoisotopic (exact) mass is 910 g/mol. The van der Waals surface area contributed by atoms with E-state index in [1.54, 1.807) is 0 Å². The number of hydrogen-bond acceptors (Lipinski definition) is 0. The number of hydrogen-bond donors (Lipinski definition) is 0. The highest BCUT2D eigenvalue weighted by molar-refractivity contribution is 7.03. The second kappa shape index (κ2) is 14.7. The van der Waals surface area contributed by atoms with Gasteiger partial charge >= 0.3 is 0 Å². The van der Waals surface area contributed by atoms with Crippen LogP contribution in [0, 0.1) is 0 Å². The molecule has 0 saturated carbocycles. The third-order valence-electron chi connectivity index (χ3n) is 17.3. The van der Waals surface area contributed by atoms with Crippen LogP contribution in [-0.2, 0) is 0 Å².